The molecule has 0 aliphatic carbocycles. The number of amides is 1. The third kappa shape index (κ3) is 4.04. The average molecular weight is 250 g/mol. The summed E-state index contributed by atoms with van der Waals surface area (Å²) in [5.41, 5.74) is 13.3. The van der Waals surface area contributed by atoms with Gasteiger partial charge >= 0.3 is 0 Å². The summed E-state index contributed by atoms with van der Waals surface area (Å²) in [6.07, 6.45) is 0.687. The van der Waals surface area contributed by atoms with Crippen LogP contribution in [-0.4, -0.2) is 18.1 Å². The van der Waals surface area contributed by atoms with Gasteiger partial charge < -0.3 is 16.2 Å². The fraction of sp³-hybridized carbons (Fsp3) is 0.500. The Hall–Kier alpha value is -1.55. The first-order valence-corrected chi connectivity index (χ1v) is 6.25. The number of ether oxygens (including phenoxy) is 1. The van der Waals surface area contributed by atoms with Gasteiger partial charge in [0.05, 0.1) is 0 Å². The highest BCUT2D eigenvalue weighted by molar-refractivity contribution is 5.79. The van der Waals surface area contributed by atoms with E-state index in [4.69, 9.17) is 16.2 Å². The van der Waals surface area contributed by atoms with Gasteiger partial charge in [-0.3, -0.25) is 4.79 Å². The average Bonchev–Trinajstić information content (AvgIpc) is 2.26. The molecule has 0 aliphatic rings. The molecule has 0 fully saturated rings. The van der Waals surface area contributed by atoms with Gasteiger partial charge in [-0.25, -0.2) is 0 Å². The van der Waals surface area contributed by atoms with Crippen molar-refractivity contribution in [2.75, 3.05) is 0 Å². The molecular weight excluding hydrogens is 228 g/mol. The first kappa shape index (κ1) is 14.5. The Morgan fingerprint density at radius 3 is 2.61 bits per heavy atom. The van der Waals surface area contributed by atoms with Crippen LogP contribution in [0.2, 0.25) is 0 Å². The standard InChI is InChI=1S/C14H22N2O2/c1-4-12(14(16)17)18-13-6-5-9(2)7-11(13)8-10(3)15/h5-7,10,12H,4,8,15H2,1-3H3,(H2,16,17). The van der Waals surface area contributed by atoms with Crippen LogP contribution in [0.15, 0.2) is 18.2 Å². The number of carbonyl (C=O) groups is 1. The van der Waals surface area contributed by atoms with E-state index in [0.717, 1.165) is 11.1 Å². The van der Waals surface area contributed by atoms with Gasteiger partial charge in [-0.05, 0) is 38.3 Å². The maximum Gasteiger partial charge on any atom is 0.258 e. The van der Waals surface area contributed by atoms with Crippen molar-refractivity contribution >= 4 is 5.91 Å². The summed E-state index contributed by atoms with van der Waals surface area (Å²) in [5, 5.41) is 0. The summed E-state index contributed by atoms with van der Waals surface area (Å²) < 4.78 is 5.68. The smallest absolute Gasteiger partial charge is 0.258 e. The minimum atomic E-state index is -0.584. The van der Waals surface area contributed by atoms with Gasteiger partial charge in [0.15, 0.2) is 6.10 Å². The lowest BCUT2D eigenvalue weighted by molar-refractivity contribution is -0.124. The highest BCUT2D eigenvalue weighted by atomic mass is 16.5. The molecule has 18 heavy (non-hydrogen) atoms. The largest absolute Gasteiger partial charge is 0.480 e. The Kier molecular flexibility index (Phi) is 5.16. The molecule has 0 saturated heterocycles. The van der Waals surface area contributed by atoms with Crippen LogP contribution in [0.3, 0.4) is 0 Å². The summed E-state index contributed by atoms with van der Waals surface area (Å²) in [5.74, 6) is 0.258. The van der Waals surface area contributed by atoms with Gasteiger partial charge in [0, 0.05) is 6.04 Å². The number of hydrogen-bond acceptors (Lipinski definition) is 3. The lowest BCUT2D eigenvalue weighted by Gasteiger charge is -2.18. The summed E-state index contributed by atoms with van der Waals surface area (Å²) in [6.45, 7) is 5.83. The minimum absolute atomic E-state index is 0.0443. The van der Waals surface area contributed by atoms with Crippen molar-refractivity contribution in [1.82, 2.24) is 0 Å². The lowest BCUT2D eigenvalue weighted by atomic mass is 10.0. The summed E-state index contributed by atoms with van der Waals surface area (Å²) >= 11 is 0. The number of primary amides is 1. The number of carbonyl (C=O) groups excluding carboxylic acids is 1. The summed E-state index contributed by atoms with van der Waals surface area (Å²) in [4.78, 5) is 11.2. The van der Waals surface area contributed by atoms with E-state index >= 15 is 0 Å². The second-order valence-electron chi connectivity index (χ2n) is 4.71. The van der Waals surface area contributed by atoms with E-state index in [1.165, 1.54) is 0 Å². The van der Waals surface area contributed by atoms with Crippen molar-refractivity contribution < 1.29 is 9.53 Å². The Balaban J connectivity index is 2.96. The molecule has 1 rings (SSSR count). The Morgan fingerprint density at radius 2 is 2.11 bits per heavy atom. The first-order chi connectivity index (χ1) is 8.43. The normalized spacial score (nSPS) is 14.0. The van der Waals surface area contributed by atoms with Crippen molar-refractivity contribution in [2.45, 2.75) is 45.8 Å². The van der Waals surface area contributed by atoms with Crippen LogP contribution in [0.25, 0.3) is 0 Å². The number of aryl methyl sites for hydroxylation is 1. The SMILES string of the molecule is CCC(Oc1ccc(C)cc1CC(C)N)C(N)=O. The maximum atomic E-state index is 11.2. The van der Waals surface area contributed by atoms with E-state index in [0.29, 0.717) is 18.6 Å². The number of rotatable bonds is 6. The van der Waals surface area contributed by atoms with Crippen molar-refractivity contribution in [3.05, 3.63) is 29.3 Å². The van der Waals surface area contributed by atoms with E-state index in [9.17, 15) is 4.79 Å². The molecule has 0 aliphatic heterocycles. The Morgan fingerprint density at radius 1 is 1.44 bits per heavy atom. The second kappa shape index (κ2) is 6.40. The molecule has 4 N–H and O–H groups in total. The van der Waals surface area contributed by atoms with Crippen LogP contribution < -0.4 is 16.2 Å². The molecule has 0 saturated carbocycles. The zero-order valence-corrected chi connectivity index (χ0v) is 11.3. The molecule has 1 aromatic carbocycles. The molecule has 0 radical (unpaired) electrons. The monoisotopic (exact) mass is 250 g/mol. The molecule has 1 aromatic rings. The van der Waals surface area contributed by atoms with Crippen LogP contribution >= 0.6 is 0 Å². The molecule has 4 nitrogen and oxygen atoms in total. The van der Waals surface area contributed by atoms with E-state index in [1.807, 2.05) is 39.0 Å². The third-order valence-corrected chi connectivity index (χ3v) is 2.72. The van der Waals surface area contributed by atoms with Crippen molar-refractivity contribution in [1.29, 1.82) is 0 Å². The zero-order valence-electron chi connectivity index (χ0n) is 11.3. The predicted molar refractivity (Wildman–Crippen MR) is 72.4 cm³/mol. The molecule has 2 atom stereocenters. The van der Waals surface area contributed by atoms with Crippen LogP contribution in [0, 0.1) is 6.92 Å². The molecule has 0 spiro atoms. The van der Waals surface area contributed by atoms with Crippen molar-refractivity contribution in [3.8, 4) is 5.75 Å². The van der Waals surface area contributed by atoms with Gasteiger partial charge in [0.2, 0.25) is 0 Å². The molecule has 0 heterocycles. The predicted octanol–water partition coefficient (Wildman–Crippen LogP) is 1.53. The van der Waals surface area contributed by atoms with Crippen LogP contribution in [0.5, 0.6) is 5.75 Å². The van der Waals surface area contributed by atoms with E-state index in [2.05, 4.69) is 0 Å². The molecule has 1 amide bonds. The molecule has 4 heteroatoms. The van der Waals surface area contributed by atoms with E-state index < -0.39 is 12.0 Å². The molecule has 0 aromatic heterocycles. The molecule has 0 bridgehead atoms. The Labute approximate surface area is 108 Å². The van der Waals surface area contributed by atoms with Gasteiger partial charge in [-0.2, -0.15) is 0 Å². The van der Waals surface area contributed by atoms with Gasteiger partial charge in [0.1, 0.15) is 5.75 Å². The lowest BCUT2D eigenvalue weighted by Crippen LogP contribution is -2.33. The van der Waals surface area contributed by atoms with Crippen molar-refractivity contribution in [3.63, 3.8) is 0 Å². The summed E-state index contributed by atoms with van der Waals surface area (Å²) in [7, 11) is 0. The molecular formula is C14H22N2O2. The number of benzene rings is 1. The van der Waals surface area contributed by atoms with Gasteiger partial charge in [-0.15, -0.1) is 0 Å². The van der Waals surface area contributed by atoms with E-state index in [-0.39, 0.29) is 6.04 Å². The fourth-order valence-electron chi connectivity index (χ4n) is 1.83. The Bertz CT molecular complexity index is 416. The number of hydrogen-bond donors (Lipinski definition) is 2. The van der Waals surface area contributed by atoms with Crippen LogP contribution in [0.1, 0.15) is 31.4 Å². The van der Waals surface area contributed by atoms with Gasteiger partial charge in [-0.1, -0.05) is 24.6 Å². The quantitative estimate of drug-likeness (QED) is 0.803. The highest BCUT2D eigenvalue weighted by Crippen LogP contribution is 2.23. The van der Waals surface area contributed by atoms with E-state index in [1.54, 1.807) is 0 Å². The summed E-state index contributed by atoms with van der Waals surface area (Å²) in [6, 6.07) is 5.90. The first-order valence-electron chi connectivity index (χ1n) is 6.25. The number of nitrogens with two attached hydrogens (primary N) is 2. The third-order valence-electron chi connectivity index (χ3n) is 2.72. The van der Waals surface area contributed by atoms with Crippen LogP contribution in [0.4, 0.5) is 0 Å². The minimum Gasteiger partial charge on any atom is -0.480 e. The zero-order chi connectivity index (χ0) is 13.7. The van der Waals surface area contributed by atoms with Gasteiger partial charge in [0.25, 0.3) is 5.91 Å². The molecule has 2 unspecified atom stereocenters. The highest BCUT2D eigenvalue weighted by Gasteiger charge is 2.16. The maximum absolute atomic E-state index is 11.2. The van der Waals surface area contributed by atoms with Crippen molar-refractivity contribution in [2.24, 2.45) is 11.5 Å². The fourth-order valence-corrected chi connectivity index (χ4v) is 1.83. The topological polar surface area (TPSA) is 78.3 Å². The van der Waals surface area contributed by atoms with Crippen LogP contribution in [-0.2, 0) is 11.2 Å². The molecule has 100 valence electrons. The second-order valence-corrected chi connectivity index (χ2v) is 4.71.